The largest absolute Gasteiger partial charge is 0.493 e. The van der Waals surface area contributed by atoms with Crippen molar-refractivity contribution in [3.63, 3.8) is 0 Å². The Kier molecular flexibility index (Phi) is 3.86. The number of carbonyl (C=O) groups is 1. The molecule has 1 aromatic rings. The van der Waals surface area contributed by atoms with Crippen molar-refractivity contribution in [3.8, 4) is 0 Å². The smallest absolute Gasteiger partial charge is 0.335 e. The third-order valence-electron chi connectivity index (χ3n) is 3.50. The van der Waals surface area contributed by atoms with Crippen LogP contribution in [0.5, 0.6) is 0 Å². The van der Waals surface area contributed by atoms with Gasteiger partial charge in [-0.3, -0.25) is 0 Å². The van der Waals surface area contributed by atoms with Gasteiger partial charge in [0.15, 0.2) is 0 Å². The first-order chi connectivity index (χ1) is 10.6. The SMILES string of the molecule is O=C(O)C1=CC2=C(CC=C1)OCC=C2c1ccc(F)cc1Cl. The molecule has 3 rings (SSSR count). The van der Waals surface area contributed by atoms with Crippen LogP contribution in [0.15, 0.2) is 59.4 Å². The lowest BCUT2D eigenvalue weighted by atomic mass is 9.93. The number of hydrogen-bond acceptors (Lipinski definition) is 2. The van der Waals surface area contributed by atoms with E-state index in [0.29, 0.717) is 29.9 Å². The van der Waals surface area contributed by atoms with Gasteiger partial charge in [0.1, 0.15) is 18.2 Å². The molecule has 0 fully saturated rings. The van der Waals surface area contributed by atoms with Crippen molar-refractivity contribution in [1.29, 1.82) is 0 Å². The molecule has 0 amide bonds. The van der Waals surface area contributed by atoms with Crippen molar-refractivity contribution < 1.29 is 19.0 Å². The van der Waals surface area contributed by atoms with Crippen molar-refractivity contribution in [2.24, 2.45) is 0 Å². The number of allylic oxidation sites excluding steroid dienone is 4. The minimum absolute atomic E-state index is 0.166. The van der Waals surface area contributed by atoms with Crippen LogP contribution < -0.4 is 0 Å². The number of halogens is 2. The first-order valence-corrected chi connectivity index (χ1v) is 7.07. The van der Waals surface area contributed by atoms with Gasteiger partial charge in [-0.15, -0.1) is 0 Å². The van der Waals surface area contributed by atoms with Crippen LogP contribution in [0.2, 0.25) is 5.02 Å². The molecule has 0 unspecified atom stereocenters. The van der Waals surface area contributed by atoms with E-state index in [0.717, 1.165) is 5.57 Å². The van der Waals surface area contributed by atoms with Gasteiger partial charge in [0, 0.05) is 17.6 Å². The van der Waals surface area contributed by atoms with Gasteiger partial charge in [-0.25, -0.2) is 9.18 Å². The Bertz CT molecular complexity index is 772. The second-order valence-corrected chi connectivity index (χ2v) is 5.31. The molecule has 2 aliphatic rings. The number of ether oxygens (including phenoxy) is 1. The minimum Gasteiger partial charge on any atom is -0.493 e. The number of hydrogen-bond donors (Lipinski definition) is 1. The highest BCUT2D eigenvalue weighted by molar-refractivity contribution is 6.32. The van der Waals surface area contributed by atoms with E-state index in [1.54, 1.807) is 24.3 Å². The summed E-state index contributed by atoms with van der Waals surface area (Å²) < 4.78 is 18.8. The standard InChI is InChI=1S/C17H12ClFO3/c18-15-9-11(19)4-5-13(15)12-6-7-22-16-3-1-2-10(17(20)21)8-14(12)16/h1-2,4-6,8-9H,3,7H2,(H,20,21). The van der Waals surface area contributed by atoms with Crippen molar-refractivity contribution in [2.45, 2.75) is 6.42 Å². The van der Waals surface area contributed by atoms with Gasteiger partial charge in [-0.1, -0.05) is 23.8 Å². The van der Waals surface area contributed by atoms with Gasteiger partial charge >= 0.3 is 5.97 Å². The molecular formula is C17H12ClFO3. The molecule has 0 saturated carbocycles. The van der Waals surface area contributed by atoms with E-state index in [2.05, 4.69) is 0 Å². The van der Waals surface area contributed by atoms with Gasteiger partial charge in [-0.05, 0) is 35.9 Å². The molecule has 1 aliphatic carbocycles. The summed E-state index contributed by atoms with van der Waals surface area (Å²) in [5.41, 5.74) is 2.25. The normalized spacial score (nSPS) is 17.2. The lowest BCUT2D eigenvalue weighted by Gasteiger charge is -2.21. The van der Waals surface area contributed by atoms with E-state index in [1.807, 2.05) is 6.08 Å². The van der Waals surface area contributed by atoms with Gasteiger partial charge < -0.3 is 9.84 Å². The van der Waals surface area contributed by atoms with E-state index in [1.165, 1.54) is 12.1 Å². The van der Waals surface area contributed by atoms with Crippen molar-refractivity contribution >= 4 is 23.1 Å². The van der Waals surface area contributed by atoms with Crippen molar-refractivity contribution in [2.75, 3.05) is 6.61 Å². The van der Waals surface area contributed by atoms with Gasteiger partial charge in [0.25, 0.3) is 0 Å². The zero-order valence-corrected chi connectivity index (χ0v) is 12.2. The fourth-order valence-corrected chi connectivity index (χ4v) is 2.75. The molecule has 0 bridgehead atoms. The first-order valence-electron chi connectivity index (χ1n) is 6.69. The highest BCUT2D eigenvalue weighted by atomic mass is 35.5. The van der Waals surface area contributed by atoms with Crippen molar-refractivity contribution in [3.05, 3.63) is 75.8 Å². The molecule has 0 spiro atoms. The van der Waals surface area contributed by atoms with E-state index >= 15 is 0 Å². The van der Waals surface area contributed by atoms with Crippen LogP contribution in [0.25, 0.3) is 5.57 Å². The Morgan fingerprint density at radius 3 is 2.91 bits per heavy atom. The summed E-state index contributed by atoms with van der Waals surface area (Å²) >= 11 is 6.14. The molecular weight excluding hydrogens is 307 g/mol. The molecule has 0 aromatic heterocycles. The fourth-order valence-electron chi connectivity index (χ4n) is 2.48. The average Bonchev–Trinajstić information content (AvgIpc) is 2.69. The molecule has 3 nitrogen and oxygen atoms in total. The average molecular weight is 319 g/mol. The van der Waals surface area contributed by atoms with E-state index < -0.39 is 11.8 Å². The zero-order valence-electron chi connectivity index (χ0n) is 11.5. The number of rotatable bonds is 2. The molecule has 0 atom stereocenters. The van der Waals surface area contributed by atoms with Crippen LogP contribution in [-0.4, -0.2) is 17.7 Å². The second-order valence-electron chi connectivity index (χ2n) is 4.90. The molecule has 1 N–H and O–H groups in total. The summed E-state index contributed by atoms with van der Waals surface area (Å²) in [4.78, 5) is 11.3. The Morgan fingerprint density at radius 1 is 1.36 bits per heavy atom. The van der Waals surface area contributed by atoms with Gasteiger partial charge in [0.05, 0.1) is 10.6 Å². The Morgan fingerprint density at radius 2 is 2.18 bits per heavy atom. The summed E-state index contributed by atoms with van der Waals surface area (Å²) in [7, 11) is 0. The predicted octanol–water partition coefficient (Wildman–Crippen LogP) is 4.12. The molecule has 1 aromatic carbocycles. The predicted molar refractivity (Wildman–Crippen MR) is 81.8 cm³/mol. The molecule has 0 saturated heterocycles. The molecule has 22 heavy (non-hydrogen) atoms. The fraction of sp³-hybridized carbons (Fsp3) is 0.118. The Hall–Kier alpha value is -2.33. The summed E-state index contributed by atoms with van der Waals surface area (Å²) in [5, 5.41) is 9.50. The zero-order chi connectivity index (χ0) is 15.7. The summed E-state index contributed by atoms with van der Waals surface area (Å²) in [6, 6.07) is 4.16. The third kappa shape index (κ3) is 2.70. The van der Waals surface area contributed by atoms with Crippen LogP contribution in [0.3, 0.4) is 0 Å². The number of carboxylic acid groups (broad SMARTS) is 1. The molecule has 5 heteroatoms. The topological polar surface area (TPSA) is 46.5 Å². The van der Waals surface area contributed by atoms with Crippen LogP contribution in [-0.2, 0) is 9.53 Å². The van der Waals surface area contributed by atoms with Crippen LogP contribution in [0, 0.1) is 5.82 Å². The molecule has 1 aliphatic heterocycles. The molecule has 112 valence electrons. The number of carboxylic acids is 1. The summed E-state index contributed by atoms with van der Waals surface area (Å²) in [6.45, 7) is 0.367. The van der Waals surface area contributed by atoms with Gasteiger partial charge in [0.2, 0.25) is 0 Å². The quantitative estimate of drug-likeness (QED) is 0.892. The lowest BCUT2D eigenvalue weighted by molar-refractivity contribution is -0.132. The van der Waals surface area contributed by atoms with Crippen molar-refractivity contribution in [1.82, 2.24) is 0 Å². The minimum atomic E-state index is -1.01. The molecule has 0 radical (unpaired) electrons. The van der Waals surface area contributed by atoms with Crippen LogP contribution in [0.4, 0.5) is 4.39 Å². The second kappa shape index (κ2) is 5.81. The van der Waals surface area contributed by atoms with Gasteiger partial charge in [-0.2, -0.15) is 0 Å². The Balaban J connectivity index is 2.12. The summed E-state index contributed by atoms with van der Waals surface area (Å²) in [5.74, 6) is -0.745. The number of aliphatic carboxylic acids is 1. The monoisotopic (exact) mass is 318 g/mol. The first kappa shape index (κ1) is 14.6. The van der Waals surface area contributed by atoms with Crippen LogP contribution >= 0.6 is 11.6 Å². The highest BCUT2D eigenvalue weighted by Crippen LogP contribution is 2.37. The maximum absolute atomic E-state index is 13.2. The maximum atomic E-state index is 13.2. The molecule has 1 heterocycles. The van der Waals surface area contributed by atoms with E-state index in [9.17, 15) is 14.3 Å². The van der Waals surface area contributed by atoms with E-state index in [-0.39, 0.29) is 10.6 Å². The third-order valence-corrected chi connectivity index (χ3v) is 3.82. The number of benzene rings is 1. The Labute approximate surface area is 131 Å². The van der Waals surface area contributed by atoms with E-state index in [4.69, 9.17) is 16.3 Å². The maximum Gasteiger partial charge on any atom is 0.335 e. The highest BCUT2D eigenvalue weighted by Gasteiger charge is 2.21. The van der Waals surface area contributed by atoms with Crippen LogP contribution in [0.1, 0.15) is 12.0 Å². The summed E-state index contributed by atoms with van der Waals surface area (Å²) in [6.07, 6.45) is 7.18. The lowest BCUT2D eigenvalue weighted by Crippen LogP contribution is -2.06.